The van der Waals surface area contributed by atoms with Crippen LogP contribution in [0.3, 0.4) is 0 Å². The minimum absolute atomic E-state index is 0.129. The Labute approximate surface area is 120 Å². The van der Waals surface area contributed by atoms with E-state index in [0.717, 1.165) is 42.6 Å². The van der Waals surface area contributed by atoms with E-state index in [1.54, 1.807) is 6.07 Å². The highest BCUT2D eigenvalue weighted by molar-refractivity contribution is 9.10. The number of hydrogen-bond acceptors (Lipinski definition) is 3. The van der Waals surface area contributed by atoms with Crippen molar-refractivity contribution in [3.63, 3.8) is 0 Å². The van der Waals surface area contributed by atoms with Crippen LogP contribution in [-0.4, -0.2) is 31.5 Å². The van der Waals surface area contributed by atoms with Crippen molar-refractivity contribution in [2.75, 3.05) is 25.1 Å². The molecule has 0 aliphatic carbocycles. The molecule has 0 amide bonds. The number of anilines is 1. The average Bonchev–Trinajstić information content (AvgIpc) is 2.82. The molecule has 1 spiro atoms. The van der Waals surface area contributed by atoms with E-state index in [9.17, 15) is 4.39 Å². The van der Waals surface area contributed by atoms with Crippen molar-refractivity contribution in [2.45, 2.75) is 30.9 Å². The smallest absolute Gasteiger partial charge is 0.125 e. The Kier molecular flexibility index (Phi) is 3.78. The van der Waals surface area contributed by atoms with Gasteiger partial charge in [0.15, 0.2) is 0 Å². The van der Waals surface area contributed by atoms with Gasteiger partial charge in [0.25, 0.3) is 0 Å². The lowest BCUT2D eigenvalue weighted by Gasteiger charge is -2.37. The van der Waals surface area contributed by atoms with Crippen LogP contribution in [0.2, 0.25) is 0 Å². The molecule has 2 unspecified atom stereocenters. The molecule has 0 saturated carbocycles. The van der Waals surface area contributed by atoms with Crippen LogP contribution in [0.4, 0.5) is 10.1 Å². The van der Waals surface area contributed by atoms with E-state index in [-0.39, 0.29) is 11.4 Å². The first kappa shape index (κ1) is 13.3. The quantitative estimate of drug-likeness (QED) is 0.902. The largest absolute Gasteiger partial charge is 0.381 e. The lowest BCUT2D eigenvalue weighted by molar-refractivity contribution is -0.0828. The standard InChI is InChI=1S/C14H17BrFNO2/c15-12-2-1-10(16)7-13(12)17-11-3-5-19-14(8-11)4-6-18-9-14/h1-2,7,11,17H,3-6,8-9H2. The summed E-state index contributed by atoms with van der Waals surface area (Å²) in [6.07, 6.45) is 2.80. The monoisotopic (exact) mass is 329 g/mol. The third-order valence-electron chi connectivity index (χ3n) is 3.85. The predicted octanol–water partition coefficient (Wildman–Crippen LogP) is 3.34. The van der Waals surface area contributed by atoms with Crippen LogP contribution in [0, 0.1) is 5.82 Å². The summed E-state index contributed by atoms with van der Waals surface area (Å²) in [6.45, 7) is 2.18. The average molecular weight is 330 g/mol. The first-order valence-electron chi connectivity index (χ1n) is 6.60. The zero-order valence-corrected chi connectivity index (χ0v) is 12.2. The van der Waals surface area contributed by atoms with Gasteiger partial charge < -0.3 is 14.8 Å². The highest BCUT2D eigenvalue weighted by Crippen LogP contribution is 2.35. The van der Waals surface area contributed by atoms with Crippen LogP contribution in [0.1, 0.15) is 19.3 Å². The summed E-state index contributed by atoms with van der Waals surface area (Å²) in [7, 11) is 0. The number of halogens is 2. The minimum Gasteiger partial charge on any atom is -0.381 e. The first-order chi connectivity index (χ1) is 9.17. The molecule has 5 heteroatoms. The maximum atomic E-state index is 13.3. The number of hydrogen-bond donors (Lipinski definition) is 1. The van der Waals surface area contributed by atoms with E-state index in [2.05, 4.69) is 21.2 Å². The number of benzene rings is 1. The summed E-state index contributed by atoms with van der Waals surface area (Å²) < 4.78 is 25.5. The predicted molar refractivity (Wildman–Crippen MR) is 74.9 cm³/mol. The van der Waals surface area contributed by atoms with Crippen LogP contribution in [0.5, 0.6) is 0 Å². The van der Waals surface area contributed by atoms with Crippen molar-refractivity contribution in [3.05, 3.63) is 28.5 Å². The van der Waals surface area contributed by atoms with Gasteiger partial charge in [-0.05, 0) is 47.0 Å². The van der Waals surface area contributed by atoms with Crippen molar-refractivity contribution < 1.29 is 13.9 Å². The fourth-order valence-electron chi connectivity index (χ4n) is 2.84. The topological polar surface area (TPSA) is 30.5 Å². The molecule has 0 radical (unpaired) electrons. The van der Waals surface area contributed by atoms with E-state index >= 15 is 0 Å². The zero-order chi connectivity index (χ0) is 13.3. The fourth-order valence-corrected chi connectivity index (χ4v) is 3.20. The normalized spacial score (nSPS) is 30.7. The Morgan fingerprint density at radius 2 is 2.26 bits per heavy atom. The lowest BCUT2D eigenvalue weighted by Crippen LogP contribution is -2.45. The van der Waals surface area contributed by atoms with Crippen LogP contribution < -0.4 is 5.32 Å². The van der Waals surface area contributed by atoms with Crippen LogP contribution >= 0.6 is 15.9 Å². The molecule has 3 rings (SSSR count). The van der Waals surface area contributed by atoms with Gasteiger partial charge in [0, 0.05) is 30.1 Å². The van der Waals surface area contributed by atoms with Gasteiger partial charge in [0.2, 0.25) is 0 Å². The summed E-state index contributed by atoms with van der Waals surface area (Å²) in [5.41, 5.74) is 0.677. The second-order valence-electron chi connectivity index (χ2n) is 5.29. The van der Waals surface area contributed by atoms with E-state index in [4.69, 9.17) is 9.47 Å². The lowest BCUT2D eigenvalue weighted by atomic mass is 9.89. The van der Waals surface area contributed by atoms with Crippen molar-refractivity contribution in [3.8, 4) is 0 Å². The molecule has 2 aliphatic rings. The molecule has 2 aliphatic heterocycles. The molecule has 104 valence electrons. The second kappa shape index (κ2) is 5.38. The maximum Gasteiger partial charge on any atom is 0.125 e. The number of nitrogens with one attached hydrogen (secondary N) is 1. The third kappa shape index (κ3) is 2.93. The second-order valence-corrected chi connectivity index (χ2v) is 6.15. The zero-order valence-electron chi connectivity index (χ0n) is 10.6. The van der Waals surface area contributed by atoms with Gasteiger partial charge in [-0.15, -0.1) is 0 Å². The van der Waals surface area contributed by atoms with Gasteiger partial charge in [-0.3, -0.25) is 0 Å². The van der Waals surface area contributed by atoms with Gasteiger partial charge in [0.05, 0.1) is 17.9 Å². The summed E-state index contributed by atoms with van der Waals surface area (Å²) in [4.78, 5) is 0. The summed E-state index contributed by atoms with van der Waals surface area (Å²) in [5, 5.41) is 3.42. The Balaban J connectivity index is 1.70. The molecule has 1 N–H and O–H groups in total. The summed E-state index contributed by atoms with van der Waals surface area (Å²) in [6, 6.07) is 5.00. The van der Waals surface area contributed by atoms with Crippen molar-refractivity contribution in [1.29, 1.82) is 0 Å². The molecular weight excluding hydrogens is 313 g/mol. The van der Waals surface area contributed by atoms with Gasteiger partial charge in [0.1, 0.15) is 5.82 Å². The molecule has 0 aromatic heterocycles. The van der Waals surface area contributed by atoms with Crippen molar-refractivity contribution in [2.24, 2.45) is 0 Å². The van der Waals surface area contributed by atoms with E-state index in [1.807, 2.05) is 0 Å². The van der Waals surface area contributed by atoms with Crippen molar-refractivity contribution in [1.82, 2.24) is 0 Å². The molecular formula is C14H17BrFNO2. The molecule has 1 aromatic rings. The number of ether oxygens (including phenoxy) is 2. The molecule has 0 bridgehead atoms. The van der Waals surface area contributed by atoms with E-state index in [0.29, 0.717) is 12.6 Å². The molecule has 2 saturated heterocycles. The fraction of sp³-hybridized carbons (Fsp3) is 0.571. The Morgan fingerprint density at radius 1 is 1.37 bits per heavy atom. The highest BCUT2D eigenvalue weighted by Gasteiger charge is 2.41. The first-order valence-corrected chi connectivity index (χ1v) is 7.39. The minimum atomic E-state index is -0.225. The molecule has 2 fully saturated rings. The summed E-state index contributed by atoms with van der Waals surface area (Å²) >= 11 is 3.45. The Bertz CT molecular complexity index is 463. The molecule has 19 heavy (non-hydrogen) atoms. The van der Waals surface area contributed by atoms with Crippen LogP contribution in [-0.2, 0) is 9.47 Å². The molecule has 2 heterocycles. The molecule has 3 nitrogen and oxygen atoms in total. The van der Waals surface area contributed by atoms with E-state index < -0.39 is 0 Å². The SMILES string of the molecule is Fc1ccc(Br)c(NC2CCOC3(CCOC3)C2)c1. The number of rotatable bonds is 2. The Morgan fingerprint density at radius 3 is 3.05 bits per heavy atom. The van der Waals surface area contributed by atoms with Gasteiger partial charge in [-0.1, -0.05) is 0 Å². The molecule has 1 aromatic carbocycles. The van der Waals surface area contributed by atoms with Crippen LogP contribution in [0.25, 0.3) is 0 Å². The van der Waals surface area contributed by atoms with Crippen LogP contribution in [0.15, 0.2) is 22.7 Å². The van der Waals surface area contributed by atoms with E-state index in [1.165, 1.54) is 12.1 Å². The third-order valence-corrected chi connectivity index (χ3v) is 4.54. The molecule has 2 atom stereocenters. The Hall–Kier alpha value is -0.650. The maximum absolute atomic E-state index is 13.3. The highest BCUT2D eigenvalue weighted by atomic mass is 79.9. The van der Waals surface area contributed by atoms with Gasteiger partial charge in [-0.2, -0.15) is 0 Å². The van der Waals surface area contributed by atoms with Gasteiger partial charge >= 0.3 is 0 Å². The van der Waals surface area contributed by atoms with Crippen molar-refractivity contribution >= 4 is 21.6 Å². The summed E-state index contributed by atoms with van der Waals surface area (Å²) in [5.74, 6) is -0.225. The van der Waals surface area contributed by atoms with Gasteiger partial charge in [-0.25, -0.2) is 4.39 Å².